The predicted octanol–water partition coefficient (Wildman–Crippen LogP) is 4.11. The van der Waals surface area contributed by atoms with Gasteiger partial charge in [0.25, 0.3) is 0 Å². The fourth-order valence-corrected chi connectivity index (χ4v) is 3.06. The minimum atomic E-state index is 0.0155. The number of carbonyl (C=O) groups is 1. The smallest absolute Gasteiger partial charge is 0.192 e. The quantitative estimate of drug-likeness (QED) is 0.683. The van der Waals surface area contributed by atoms with Crippen LogP contribution in [0, 0.1) is 11.3 Å². The number of Topliss-reactive ketones (excluding diaryl/α,β-unsaturated/α-hetero) is 1. The molecular formula is C15H9ClN2OS. The number of nitriles is 1. The summed E-state index contributed by atoms with van der Waals surface area (Å²) < 4.78 is 2.46. The number of halogens is 1. The van der Waals surface area contributed by atoms with Crippen LogP contribution in [0.1, 0.15) is 15.2 Å². The summed E-state index contributed by atoms with van der Waals surface area (Å²) in [7, 11) is 0. The molecule has 0 aliphatic carbocycles. The number of ketones is 1. The van der Waals surface area contributed by atoms with Crippen LogP contribution in [0.25, 0.3) is 10.9 Å². The molecule has 0 unspecified atom stereocenters. The van der Waals surface area contributed by atoms with Crippen LogP contribution >= 0.6 is 22.9 Å². The molecule has 3 aromatic rings. The molecule has 0 atom stereocenters. The topological polar surface area (TPSA) is 45.8 Å². The summed E-state index contributed by atoms with van der Waals surface area (Å²) in [6, 6.07) is 13.0. The molecule has 0 N–H and O–H groups in total. The Morgan fingerprint density at radius 1 is 1.30 bits per heavy atom. The van der Waals surface area contributed by atoms with E-state index in [0.29, 0.717) is 14.8 Å². The molecule has 3 nitrogen and oxygen atoms in total. The standard InChI is InChI=1S/C15H9ClN2OS/c16-15-4-3-14(20-15)13(19)9-18-6-5-11-2-1-10(8-17)7-12(11)18/h1-7H,9H2. The van der Waals surface area contributed by atoms with Crippen molar-refractivity contribution < 1.29 is 4.79 Å². The molecule has 2 heterocycles. The van der Waals surface area contributed by atoms with E-state index in [2.05, 4.69) is 6.07 Å². The lowest BCUT2D eigenvalue weighted by molar-refractivity contribution is 0.0977. The van der Waals surface area contributed by atoms with Gasteiger partial charge in [-0.1, -0.05) is 17.7 Å². The van der Waals surface area contributed by atoms with E-state index in [1.54, 1.807) is 24.3 Å². The largest absolute Gasteiger partial charge is 0.340 e. The summed E-state index contributed by atoms with van der Waals surface area (Å²) in [5, 5.41) is 9.96. The molecule has 0 aliphatic rings. The van der Waals surface area contributed by atoms with Crippen LogP contribution in [-0.2, 0) is 6.54 Å². The van der Waals surface area contributed by atoms with Crippen molar-refractivity contribution in [2.45, 2.75) is 6.54 Å². The van der Waals surface area contributed by atoms with Crippen molar-refractivity contribution in [3.05, 3.63) is 57.4 Å². The van der Waals surface area contributed by atoms with Gasteiger partial charge in [-0.05, 0) is 35.7 Å². The van der Waals surface area contributed by atoms with Crippen molar-refractivity contribution in [1.29, 1.82) is 5.26 Å². The molecular weight excluding hydrogens is 292 g/mol. The fourth-order valence-electron chi connectivity index (χ4n) is 2.09. The average molecular weight is 301 g/mol. The van der Waals surface area contributed by atoms with Crippen molar-refractivity contribution in [1.82, 2.24) is 4.57 Å². The maximum absolute atomic E-state index is 12.2. The second-order valence-corrected chi connectivity index (χ2v) is 6.07. The molecule has 0 amide bonds. The molecule has 0 saturated carbocycles. The third kappa shape index (κ3) is 2.34. The molecule has 2 aromatic heterocycles. The molecule has 0 bridgehead atoms. The van der Waals surface area contributed by atoms with E-state index in [-0.39, 0.29) is 12.3 Å². The van der Waals surface area contributed by atoms with E-state index < -0.39 is 0 Å². The molecule has 1 aromatic carbocycles. The van der Waals surface area contributed by atoms with Crippen LogP contribution in [-0.4, -0.2) is 10.4 Å². The number of nitrogens with zero attached hydrogens (tertiary/aromatic N) is 2. The third-order valence-corrected chi connectivity index (χ3v) is 4.34. The number of thiophene rings is 1. The van der Waals surface area contributed by atoms with Crippen LogP contribution in [0.4, 0.5) is 0 Å². The van der Waals surface area contributed by atoms with Crippen molar-refractivity contribution in [2.75, 3.05) is 0 Å². The van der Waals surface area contributed by atoms with Crippen molar-refractivity contribution in [2.24, 2.45) is 0 Å². The van der Waals surface area contributed by atoms with E-state index in [1.165, 1.54) is 11.3 Å². The van der Waals surface area contributed by atoms with Gasteiger partial charge in [0.1, 0.15) is 0 Å². The number of hydrogen-bond donors (Lipinski definition) is 0. The zero-order valence-electron chi connectivity index (χ0n) is 10.3. The number of benzene rings is 1. The number of carbonyl (C=O) groups excluding carboxylic acids is 1. The minimum absolute atomic E-state index is 0.0155. The van der Waals surface area contributed by atoms with Gasteiger partial charge in [-0.2, -0.15) is 5.26 Å². The Morgan fingerprint density at radius 3 is 2.85 bits per heavy atom. The molecule has 0 radical (unpaired) electrons. The maximum atomic E-state index is 12.2. The number of fused-ring (bicyclic) bond motifs is 1. The predicted molar refractivity (Wildman–Crippen MR) is 80.3 cm³/mol. The Balaban J connectivity index is 1.95. The number of rotatable bonds is 3. The average Bonchev–Trinajstić information content (AvgIpc) is 3.05. The summed E-state index contributed by atoms with van der Waals surface area (Å²) in [5.74, 6) is 0.0155. The van der Waals surface area contributed by atoms with Gasteiger partial charge >= 0.3 is 0 Å². The lowest BCUT2D eigenvalue weighted by Gasteiger charge is -2.03. The molecule has 0 spiro atoms. The van der Waals surface area contributed by atoms with E-state index in [4.69, 9.17) is 16.9 Å². The summed E-state index contributed by atoms with van der Waals surface area (Å²) in [6.45, 7) is 0.245. The van der Waals surface area contributed by atoms with E-state index in [9.17, 15) is 4.79 Å². The van der Waals surface area contributed by atoms with Gasteiger partial charge in [0, 0.05) is 11.7 Å². The highest BCUT2D eigenvalue weighted by Crippen LogP contribution is 2.23. The number of hydrogen-bond acceptors (Lipinski definition) is 3. The summed E-state index contributed by atoms with van der Waals surface area (Å²) in [5.41, 5.74) is 1.48. The van der Waals surface area contributed by atoms with Crippen LogP contribution in [0.3, 0.4) is 0 Å². The van der Waals surface area contributed by atoms with E-state index >= 15 is 0 Å². The Hall–Kier alpha value is -2.09. The Labute approximate surface area is 124 Å². The lowest BCUT2D eigenvalue weighted by atomic mass is 10.2. The second kappa shape index (κ2) is 5.12. The summed E-state index contributed by atoms with van der Waals surface area (Å²) >= 11 is 7.13. The summed E-state index contributed by atoms with van der Waals surface area (Å²) in [6.07, 6.45) is 1.86. The first-order valence-corrected chi connectivity index (χ1v) is 7.14. The van der Waals surface area contributed by atoms with Crippen molar-refractivity contribution in [3.63, 3.8) is 0 Å². The van der Waals surface area contributed by atoms with Crippen molar-refractivity contribution >= 4 is 39.6 Å². The first-order valence-electron chi connectivity index (χ1n) is 5.95. The second-order valence-electron chi connectivity index (χ2n) is 4.36. The van der Waals surface area contributed by atoms with E-state index in [0.717, 1.165) is 10.9 Å². The van der Waals surface area contributed by atoms with Crippen LogP contribution in [0.2, 0.25) is 4.34 Å². The SMILES string of the molecule is N#Cc1ccc2ccn(CC(=O)c3ccc(Cl)s3)c2c1. The number of aromatic nitrogens is 1. The molecule has 3 rings (SSSR count). The molecule has 0 aliphatic heterocycles. The van der Waals surface area contributed by atoms with Gasteiger partial charge in [-0.15, -0.1) is 11.3 Å². The Bertz CT molecular complexity index is 841. The lowest BCUT2D eigenvalue weighted by Crippen LogP contribution is -2.07. The normalized spacial score (nSPS) is 10.6. The van der Waals surface area contributed by atoms with Crippen LogP contribution in [0.15, 0.2) is 42.6 Å². The minimum Gasteiger partial charge on any atom is -0.340 e. The molecule has 5 heteroatoms. The summed E-state index contributed by atoms with van der Waals surface area (Å²) in [4.78, 5) is 12.8. The highest BCUT2D eigenvalue weighted by atomic mass is 35.5. The highest BCUT2D eigenvalue weighted by Gasteiger charge is 2.11. The molecule has 98 valence electrons. The first-order chi connectivity index (χ1) is 9.67. The van der Waals surface area contributed by atoms with Crippen LogP contribution in [0.5, 0.6) is 0 Å². The van der Waals surface area contributed by atoms with Gasteiger partial charge in [0.15, 0.2) is 5.78 Å². The van der Waals surface area contributed by atoms with E-state index in [1.807, 2.05) is 22.9 Å². The van der Waals surface area contributed by atoms with Gasteiger partial charge in [0.05, 0.1) is 27.4 Å². The Kier molecular flexibility index (Phi) is 3.31. The van der Waals surface area contributed by atoms with Crippen molar-refractivity contribution in [3.8, 4) is 6.07 Å². The first kappa shape index (κ1) is 12.9. The molecule has 20 heavy (non-hydrogen) atoms. The van der Waals surface area contributed by atoms with Gasteiger partial charge < -0.3 is 4.57 Å². The molecule has 0 saturated heterocycles. The van der Waals surface area contributed by atoms with Crippen LogP contribution < -0.4 is 0 Å². The zero-order chi connectivity index (χ0) is 14.1. The van der Waals surface area contributed by atoms with Gasteiger partial charge in [0.2, 0.25) is 0 Å². The highest BCUT2D eigenvalue weighted by molar-refractivity contribution is 7.18. The maximum Gasteiger partial charge on any atom is 0.192 e. The third-order valence-electron chi connectivity index (χ3n) is 3.06. The molecule has 0 fully saturated rings. The van der Waals surface area contributed by atoms with Gasteiger partial charge in [-0.3, -0.25) is 4.79 Å². The monoisotopic (exact) mass is 300 g/mol. The van der Waals surface area contributed by atoms with Gasteiger partial charge in [-0.25, -0.2) is 0 Å². The Morgan fingerprint density at radius 2 is 2.15 bits per heavy atom. The zero-order valence-corrected chi connectivity index (χ0v) is 11.9. The fraction of sp³-hybridized carbons (Fsp3) is 0.0667.